The quantitative estimate of drug-likeness (QED) is 0.142. The Labute approximate surface area is 246 Å². The van der Waals surface area contributed by atoms with Gasteiger partial charge in [-0.15, -0.1) is 0 Å². The molecule has 2 aliphatic heterocycles. The number of esters is 2. The van der Waals surface area contributed by atoms with Gasteiger partial charge in [-0.1, -0.05) is 78.6 Å². The first-order chi connectivity index (χ1) is 19.9. The third-order valence-electron chi connectivity index (χ3n) is 7.75. The first-order valence-electron chi connectivity index (χ1n) is 16.1. The molecule has 2 rings (SSSR count). The molecule has 2 saturated heterocycles. The summed E-state index contributed by atoms with van der Waals surface area (Å²) < 4.78 is 22.6. The average molecular weight is 583 g/mol. The van der Waals surface area contributed by atoms with Gasteiger partial charge in [0.1, 0.15) is 12.2 Å². The van der Waals surface area contributed by atoms with Crippen LogP contribution in [-0.4, -0.2) is 74.5 Å². The predicted molar refractivity (Wildman–Crippen MR) is 155 cm³/mol. The topological polar surface area (TPSA) is 129 Å². The first kappa shape index (κ1) is 35.0. The van der Waals surface area contributed by atoms with Crippen molar-refractivity contribution < 1.29 is 38.1 Å². The fraction of sp³-hybridized carbons (Fsp3) is 0.871. The van der Waals surface area contributed by atoms with Gasteiger partial charge >= 0.3 is 11.9 Å². The number of nitrogens with one attached hydrogen (secondary N) is 2. The molecule has 41 heavy (non-hydrogen) atoms. The maximum Gasteiger partial charge on any atom is 0.308 e. The summed E-state index contributed by atoms with van der Waals surface area (Å²) in [5.74, 6) is -0.914. The van der Waals surface area contributed by atoms with E-state index in [4.69, 9.17) is 18.9 Å². The maximum absolute atomic E-state index is 12.7. The lowest BCUT2D eigenvalue weighted by Gasteiger charge is -2.18. The molecule has 0 aromatic carbocycles. The van der Waals surface area contributed by atoms with Crippen LogP contribution in [0.1, 0.15) is 117 Å². The van der Waals surface area contributed by atoms with E-state index in [2.05, 4.69) is 31.4 Å². The molecule has 2 N–H and O–H groups in total. The molecule has 0 saturated carbocycles. The summed E-state index contributed by atoms with van der Waals surface area (Å²) in [5.41, 5.74) is 0. The van der Waals surface area contributed by atoms with Gasteiger partial charge in [0.2, 0.25) is 11.8 Å². The minimum atomic E-state index is -0.588. The van der Waals surface area contributed by atoms with Crippen molar-refractivity contribution in [2.24, 2.45) is 5.92 Å². The molecule has 0 aliphatic carbocycles. The highest BCUT2D eigenvalue weighted by molar-refractivity contribution is 5.79. The fourth-order valence-corrected chi connectivity index (χ4v) is 5.30. The van der Waals surface area contributed by atoms with Crippen molar-refractivity contribution in [2.45, 2.75) is 141 Å². The van der Waals surface area contributed by atoms with Gasteiger partial charge in [0.15, 0.2) is 12.2 Å². The molecule has 10 nitrogen and oxygen atoms in total. The Hall–Kier alpha value is -2.20. The molecule has 10 heteroatoms. The maximum atomic E-state index is 12.7. The zero-order chi connectivity index (χ0) is 29.9. The van der Waals surface area contributed by atoms with Crippen LogP contribution in [0.25, 0.3) is 0 Å². The molecule has 2 unspecified atom stereocenters. The van der Waals surface area contributed by atoms with Crippen molar-refractivity contribution in [3.8, 4) is 0 Å². The number of hydrogen-bond acceptors (Lipinski definition) is 8. The number of fused-ring (bicyclic) bond motifs is 1. The van der Waals surface area contributed by atoms with Crippen LogP contribution in [0.5, 0.6) is 0 Å². The van der Waals surface area contributed by atoms with E-state index in [1.54, 1.807) is 0 Å². The zero-order valence-electron chi connectivity index (χ0n) is 25.6. The van der Waals surface area contributed by atoms with Gasteiger partial charge in [-0.3, -0.25) is 19.2 Å². The number of hydrogen-bond donors (Lipinski definition) is 2. The SMILES string of the molecule is CCCCCCC(=O)NCCC(=O)O[C@@H]1COC2[C@H](OC(=O)CCNC(=O)C(CCCC)CCCCCC)CO[C@@H]21. The van der Waals surface area contributed by atoms with Crippen molar-refractivity contribution in [2.75, 3.05) is 26.3 Å². The summed E-state index contributed by atoms with van der Waals surface area (Å²) in [4.78, 5) is 49.3. The summed E-state index contributed by atoms with van der Waals surface area (Å²) in [7, 11) is 0. The average Bonchev–Trinajstić information content (AvgIpc) is 3.53. The zero-order valence-corrected chi connectivity index (χ0v) is 25.6. The number of carbonyl (C=O) groups is 4. The molecule has 2 aliphatic rings. The summed E-state index contributed by atoms with van der Waals surface area (Å²) >= 11 is 0. The third-order valence-corrected chi connectivity index (χ3v) is 7.75. The van der Waals surface area contributed by atoms with Gasteiger partial charge in [0.25, 0.3) is 0 Å². The second-order valence-corrected chi connectivity index (χ2v) is 11.3. The number of carbonyl (C=O) groups excluding carboxylic acids is 4. The van der Waals surface area contributed by atoms with Crippen LogP contribution in [0.3, 0.4) is 0 Å². The molecule has 0 bridgehead atoms. The van der Waals surface area contributed by atoms with Crippen LogP contribution < -0.4 is 10.6 Å². The monoisotopic (exact) mass is 582 g/mol. The fourth-order valence-electron chi connectivity index (χ4n) is 5.30. The van der Waals surface area contributed by atoms with Crippen molar-refractivity contribution in [1.29, 1.82) is 0 Å². The second kappa shape index (κ2) is 20.6. The molecule has 0 radical (unpaired) electrons. The Morgan fingerprint density at radius 2 is 1.17 bits per heavy atom. The minimum Gasteiger partial charge on any atom is -0.457 e. The van der Waals surface area contributed by atoms with E-state index < -0.39 is 36.4 Å². The largest absolute Gasteiger partial charge is 0.457 e. The molecule has 2 heterocycles. The van der Waals surface area contributed by atoms with E-state index in [-0.39, 0.29) is 56.9 Å². The van der Waals surface area contributed by atoms with E-state index in [0.29, 0.717) is 6.42 Å². The van der Waals surface area contributed by atoms with Gasteiger partial charge in [-0.25, -0.2) is 0 Å². The van der Waals surface area contributed by atoms with Crippen molar-refractivity contribution in [1.82, 2.24) is 10.6 Å². The first-order valence-corrected chi connectivity index (χ1v) is 16.1. The molecular weight excluding hydrogens is 528 g/mol. The number of rotatable bonds is 22. The van der Waals surface area contributed by atoms with Crippen LogP contribution in [-0.2, 0) is 38.1 Å². The van der Waals surface area contributed by atoms with Gasteiger partial charge in [0, 0.05) is 25.4 Å². The summed E-state index contributed by atoms with van der Waals surface area (Å²) in [6, 6.07) is 0. The van der Waals surface area contributed by atoms with Crippen LogP contribution in [0.4, 0.5) is 0 Å². The van der Waals surface area contributed by atoms with Crippen LogP contribution in [0, 0.1) is 5.92 Å². The Bertz CT molecular complexity index is 792. The smallest absolute Gasteiger partial charge is 0.308 e. The minimum absolute atomic E-state index is 0.00910. The van der Waals surface area contributed by atoms with E-state index >= 15 is 0 Å². The predicted octanol–water partition coefficient (Wildman–Crippen LogP) is 4.37. The Morgan fingerprint density at radius 1 is 0.659 bits per heavy atom. The van der Waals surface area contributed by atoms with Crippen LogP contribution >= 0.6 is 0 Å². The van der Waals surface area contributed by atoms with E-state index in [0.717, 1.165) is 64.2 Å². The number of amides is 2. The van der Waals surface area contributed by atoms with Crippen LogP contribution in [0.15, 0.2) is 0 Å². The van der Waals surface area contributed by atoms with E-state index in [1.807, 2.05) is 0 Å². The molecule has 236 valence electrons. The van der Waals surface area contributed by atoms with Gasteiger partial charge in [-0.2, -0.15) is 0 Å². The molecule has 5 atom stereocenters. The molecule has 2 fully saturated rings. The van der Waals surface area contributed by atoms with Gasteiger partial charge in [-0.05, 0) is 19.3 Å². The lowest BCUT2D eigenvalue weighted by Crippen LogP contribution is -2.37. The van der Waals surface area contributed by atoms with Gasteiger partial charge in [0.05, 0.1) is 26.1 Å². The van der Waals surface area contributed by atoms with E-state index in [1.165, 1.54) is 12.8 Å². The highest BCUT2D eigenvalue weighted by Gasteiger charge is 2.51. The summed E-state index contributed by atoms with van der Waals surface area (Å²) in [5, 5.41) is 5.67. The normalized spacial score (nSPS) is 22.1. The summed E-state index contributed by atoms with van der Waals surface area (Å²) in [6.45, 7) is 7.19. The Morgan fingerprint density at radius 3 is 1.73 bits per heavy atom. The van der Waals surface area contributed by atoms with Gasteiger partial charge < -0.3 is 29.6 Å². The van der Waals surface area contributed by atoms with Crippen molar-refractivity contribution in [3.05, 3.63) is 0 Å². The van der Waals surface area contributed by atoms with Crippen LogP contribution in [0.2, 0.25) is 0 Å². The molecule has 0 spiro atoms. The third kappa shape index (κ3) is 13.5. The molecular formula is C31H54N2O8. The number of ether oxygens (including phenoxy) is 4. The number of unbranched alkanes of at least 4 members (excludes halogenated alkanes) is 7. The highest BCUT2D eigenvalue weighted by atomic mass is 16.7. The Kier molecular flexibility index (Phi) is 17.6. The lowest BCUT2D eigenvalue weighted by molar-refractivity contribution is -0.155. The lowest BCUT2D eigenvalue weighted by atomic mass is 9.94. The molecule has 0 aromatic heterocycles. The standard InChI is InChI=1S/C31H54N2O8/c1-4-7-10-12-15-23(14-9-6-3)31(37)33-20-18-28(36)41-25-22-39-29-24(21-38-30(25)29)40-27(35)17-19-32-26(34)16-13-11-8-5-2/h23-25,29-30H,4-22H2,1-3H3,(H,32,34)(H,33,37)/t23?,24-,25-,29-,30?/m1/s1. The van der Waals surface area contributed by atoms with Crippen molar-refractivity contribution >= 4 is 23.8 Å². The molecule has 0 aromatic rings. The summed E-state index contributed by atoms with van der Waals surface area (Å²) in [6.07, 6.45) is 10.9. The molecule has 2 amide bonds. The van der Waals surface area contributed by atoms with Crippen molar-refractivity contribution in [3.63, 3.8) is 0 Å². The van der Waals surface area contributed by atoms with E-state index in [9.17, 15) is 19.2 Å². The highest BCUT2D eigenvalue weighted by Crippen LogP contribution is 2.31. The Balaban J connectivity index is 1.64. The second-order valence-electron chi connectivity index (χ2n) is 11.3.